The summed E-state index contributed by atoms with van der Waals surface area (Å²) in [5.74, 6) is 0.796. The fourth-order valence-corrected chi connectivity index (χ4v) is 2.55. The molecule has 0 bridgehead atoms. The zero-order valence-electron chi connectivity index (χ0n) is 12.1. The first kappa shape index (κ1) is 14.1. The molecule has 1 aliphatic carbocycles. The van der Waals surface area contributed by atoms with Gasteiger partial charge in [0, 0.05) is 19.6 Å². The molecule has 1 atom stereocenters. The molecule has 0 heterocycles. The van der Waals surface area contributed by atoms with Crippen molar-refractivity contribution in [3.05, 3.63) is 34.9 Å². The van der Waals surface area contributed by atoms with Crippen LogP contribution in [0.25, 0.3) is 0 Å². The number of carbonyl (C=O) groups excluding carboxylic acids is 1. The van der Waals surface area contributed by atoms with Crippen LogP contribution < -0.4 is 5.73 Å². The van der Waals surface area contributed by atoms with Gasteiger partial charge in [-0.2, -0.15) is 0 Å². The Bertz CT molecular complexity index is 466. The standard InChI is InChI=1S/C16H24N2O/c1-11-4-5-13(8-12(11)2)9-16(19)18(3)15(10-17)14-6-7-14/h4-5,8,14-15H,6-7,9-10,17H2,1-3H3. The Morgan fingerprint density at radius 1 is 1.37 bits per heavy atom. The predicted molar refractivity (Wildman–Crippen MR) is 78.0 cm³/mol. The predicted octanol–water partition coefficient (Wildman–Crippen LogP) is 2.04. The van der Waals surface area contributed by atoms with Crippen molar-refractivity contribution < 1.29 is 4.79 Å². The molecule has 3 heteroatoms. The molecule has 19 heavy (non-hydrogen) atoms. The zero-order valence-corrected chi connectivity index (χ0v) is 12.1. The fraction of sp³-hybridized carbons (Fsp3) is 0.562. The van der Waals surface area contributed by atoms with E-state index in [0.29, 0.717) is 18.9 Å². The number of amides is 1. The van der Waals surface area contributed by atoms with Crippen molar-refractivity contribution in [2.75, 3.05) is 13.6 Å². The molecule has 0 radical (unpaired) electrons. The molecule has 1 amide bonds. The average molecular weight is 260 g/mol. The highest BCUT2D eigenvalue weighted by Gasteiger charge is 2.34. The van der Waals surface area contributed by atoms with E-state index in [1.54, 1.807) is 0 Å². The van der Waals surface area contributed by atoms with E-state index in [1.165, 1.54) is 24.0 Å². The van der Waals surface area contributed by atoms with Gasteiger partial charge in [0.25, 0.3) is 0 Å². The maximum absolute atomic E-state index is 12.3. The first-order valence-corrected chi connectivity index (χ1v) is 7.04. The number of nitrogens with two attached hydrogens (primary N) is 1. The quantitative estimate of drug-likeness (QED) is 0.880. The third-order valence-corrected chi connectivity index (χ3v) is 4.23. The van der Waals surface area contributed by atoms with Gasteiger partial charge in [0.15, 0.2) is 0 Å². The average Bonchev–Trinajstić information content (AvgIpc) is 3.19. The number of hydrogen-bond donors (Lipinski definition) is 1. The normalized spacial score (nSPS) is 16.2. The van der Waals surface area contributed by atoms with Gasteiger partial charge in [-0.25, -0.2) is 0 Å². The number of carbonyl (C=O) groups is 1. The Morgan fingerprint density at radius 3 is 2.58 bits per heavy atom. The Labute approximate surface area is 115 Å². The van der Waals surface area contributed by atoms with Crippen LogP contribution in [0.1, 0.15) is 29.5 Å². The highest BCUT2D eigenvalue weighted by molar-refractivity contribution is 5.79. The second kappa shape index (κ2) is 5.74. The zero-order chi connectivity index (χ0) is 14.0. The Hall–Kier alpha value is -1.35. The Balaban J connectivity index is 2.01. The topological polar surface area (TPSA) is 46.3 Å². The summed E-state index contributed by atoms with van der Waals surface area (Å²) in [6, 6.07) is 6.46. The number of aryl methyl sites for hydroxylation is 2. The van der Waals surface area contributed by atoms with Crippen molar-refractivity contribution in [3.8, 4) is 0 Å². The van der Waals surface area contributed by atoms with Crippen molar-refractivity contribution in [2.24, 2.45) is 11.7 Å². The van der Waals surface area contributed by atoms with Crippen molar-refractivity contribution in [1.82, 2.24) is 4.90 Å². The van der Waals surface area contributed by atoms with Gasteiger partial charge in [-0.15, -0.1) is 0 Å². The molecule has 3 nitrogen and oxygen atoms in total. The van der Waals surface area contributed by atoms with E-state index in [4.69, 9.17) is 5.73 Å². The van der Waals surface area contributed by atoms with Crippen LogP contribution in [0.4, 0.5) is 0 Å². The summed E-state index contributed by atoms with van der Waals surface area (Å²) in [6.45, 7) is 4.74. The van der Waals surface area contributed by atoms with Crippen molar-refractivity contribution in [3.63, 3.8) is 0 Å². The number of rotatable bonds is 5. The minimum absolute atomic E-state index is 0.172. The summed E-state index contributed by atoms with van der Waals surface area (Å²) in [5.41, 5.74) is 9.39. The number of benzene rings is 1. The summed E-state index contributed by atoms with van der Waals surface area (Å²) in [5, 5.41) is 0. The highest BCUT2D eigenvalue weighted by Crippen LogP contribution is 2.34. The summed E-state index contributed by atoms with van der Waals surface area (Å²) in [7, 11) is 1.89. The summed E-state index contributed by atoms with van der Waals surface area (Å²) in [4.78, 5) is 14.2. The maximum Gasteiger partial charge on any atom is 0.227 e. The van der Waals surface area contributed by atoms with Crippen molar-refractivity contribution >= 4 is 5.91 Å². The van der Waals surface area contributed by atoms with Crippen LogP contribution >= 0.6 is 0 Å². The summed E-state index contributed by atoms with van der Waals surface area (Å²) < 4.78 is 0. The van der Waals surface area contributed by atoms with Gasteiger partial charge in [-0.1, -0.05) is 18.2 Å². The second-order valence-electron chi connectivity index (χ2n) is 5.74. The highest BCUT2D eigenvalue weighted by atomic mass is 16.2. The molecule has 0 aromatic heterocycles. The van der Waals surface area contributed by atoms with Gasteiger partial charge >= 0.3 is 0 Å². The van der Waals surface area contributed by atoms with Crippen LogP contribution in [-0.4, -0.2) is 30.4 Å². The van der Waals surface area contributed by atoms with Gasteiger partial charge in [0.2, 0.25) is 5.91 Å². The summed E-state index contributed by atoms with van der Waals surface area (Å²) in [6.07, 6.45) is 2.90. The largest absolute Gasteiger partial charge is 0.341 e. The molecule has 1 aromatic rings. The smallest absolute Gasteiger partial charge is 0.227 e. The first-order valence-electron chi connectivity index (χ1n) is 7.04. The molecule has 0 aliphatic heterocycles. The maximum atomic E-state index is 12.3. The molecular weight excluding hydrogens is 236 g/mol. The molecule has 1 saturated carbocycles. The van der Waals surface area contributed by atoms with E-state index in [1.807, 2.05) is 18.0 Å². The van der Waals surface area contributed by atoms with E-state index in [-0.39, 0.29) is 11.9 Å². The van der Waals surface area contributed by atoms with E-state index in [2.05, 4.69) is 26.0 Å². The lowest BCUT2D eigenvalue weighted by Gasteiger charge is -2.27. The number of nitrogens with zero attached hydrogens (tertiary/aromatic N) is 1. The third-order valence-electron chi connectivity index (χ3n) is 4.23. The molecule has 2 rings (SSSR count). The SMILES string of the molecule is Cc1ccc(CC(=O)N(C)C(CN)C2CC2)cc1C. The lowest BCUT2D eigenvalue weighted by molar-refractivity contribution is -0.131. The van der Waals surface area contributed by atoms with Gasteiger partial charge < -0.3 is 10.6 Å². The second-order valence-corrected chi connectivity index (χ2v) is 5.74. The summed E-state index contributed by atoms with van der Waals surface area (Å²) >= 11 is 0. The van der Waals surface area contributed by atoms with Crippen LogP contribution in [0, 0.1) is 19.8 Å². The van der Waals surface area contributed by atoms with Crippen LogP contribution in [0.5, 0.6) is 0 Å². The Kier molecular flexibility index (Phi) is 4.25. The van der Waals surface area contributed by atoms with E-state index in [0.717, 1.165) is 5.56 Å². The lowest BCUT2D eigenvalue weighted by Crippen LogP contribution is -2.43. The van der Waals surface area contributed by atoms with Crippen LogP contribution in [0.2, 0.25) is 0 Å². The molecule has 1 aromatic carbocycles. The number of hydrogen-bond acceptors (Lipinski definition) is 2. The van der Waals surface area contributed by atoms with Crippen LogP contribution in [0.3, 0.4) is 0 Å². The van der Waals surface area contributed by atoms with Crippen molar-refractivity contribution in [2.45, 2.75) is 39.2 Å². The van der Waals surface area contributed by atoms with E-state index in [9.17, 15) is 4.79 Å². The van der Waals surface area contributed by atoms with Gasteiger partial charge in [0.05, 0.1) is 6.42 Å². The van der Waals surface area contributed by atoms with Crippen molar-refractivity contribution in [1.29, 1.82) is 0 Å². The Morgan fingerprint density at radius 2 is 2.05 bits per heavy atom. The molecule has 0 saturated heterocycles. The first-order chi connectivity index (χ1) is 9.02. The molecular formula is C16H24N2O. The lowest BCUT2D eigenvalue weighted by atomic mass is 10.0. The monoisotopic (exact) mass is 260 g/mol. The van der Waals surface area contributed by atoms with Crippen LogP contribution in [0.15, 0.2) is 18.2 Å². The van der Waals surface area contributed by atoms with E-state index >= 15 is 0 Å². The number of likely N-dealkylation sites (N-methyl/N-ethyl adjacent to an activating group) is 1. The molecule has 1 aliphatic rings. The van der Waals surface area contributed by atoms with E-state index < -0.39 is 0 Å². The van der Waals surface area contributed by atoms with Gasteiger partial charge in [0.1, 0.15) is 0 Å². The molecule has 2 N–H and O–H groups in total. The minimum atomic E-state index is 0.172. The third kappa shape index (κ3) is 3.35. The molecule has 0 spiro atoms. The minimum Gasteiger partial charge on any atom is -0.341 e. The molecule has 104 valence electrons. The van der Waals surface area contributed by atoms with Crippen LogP contribution in [-0.2, 0) is 11.2 Å². The molecule has 1 fully saturated rings. The van der Waals surface area contributed by atoms with Gasteiger partial charge in [-0.05, 0) is 49.3 Å². The van der Waals surface area contributed by atoms with Gasteiger partial charge in [-0.3, -0.25) is 4.79 Å². The molecule has 1 unspecified atom stereocenters. The fourth-order valence-electron chi connectivity index (χ4n) is 2.55.